The molecule has 1 N–H and O–H groups in total. The molecule has 3 aliphatic rings. The van der Waals surface area contributed by atoms with Crippen LogP contribution in [0.25, 0.3) is 11.1 Å². The number of amides is 1. The third-order valence-corrected chi connectivity index (χ3v) is 7.25. The smallest absolute Gasteiger partial charge is 0.409 e. The third-order valence-electron chi connectivity index (χ3n) is 7.25. The third kappa shape index (κ3) is 3.04. The molecule has 2 saturated heterocycles. The lowest BCUT2D eigenvalue weighted by atomic mass is 9.73. The van der Waals surface area contributed by atoms with Crippen LogP contribution >= 0.6 is 0 Å². The highest BCUT2D eigenvalue weighted by molar-refractivity contribution is 5.79. The van der Waals surface area contributed by atoms with Gasteiger partial charge in [-0.1, -0.05) is 48.5 Å². The normalized spacial score (nSPS) is 26.1. The van der Waals surface area contributed by atoms with Crippen molar-refractivity contribution in [3.63, 3.8) is 0 Å². The Morgan fingerprint density at radius 3 is 2.41 bits per heavy atom. The van der Waals surface area contributed by atoms with Crippen molar-refractivity contribution in [1.29, 1.82) is 0 Å². The number of carbonyl (C=O) groups excluding carboxylic acids is 1. The summed E-state index contributed by atoms with van der Waals surface area (Å²) in [6.07, 6.45) is 0.675. The van der Waals surface area contributed by atoms with Crippen LogP contribution in [0.5, 0.6) is 0 Å². The number of hydrogen-bond acceptors (Lipinski definition) is 4. The fourth-order valence-electron chi connectivity index (χ4n) is 5.53. The summed E-state index contributed by atoms with van der Waals surface area (Å²) in [6, 6.07) is 16.8. The highest BCUT2D eigenvalue weighted by atomic mass is 16.6. The van der Waals surface area contributed by atoms with Crippen LogP contribution in [0.2, 0.25) is 0 Å². The zero-order valence-electron chi connectivity index (χ0n) is 16.9. The Kier molecular flexibility index (Phi) is 4.60. The number of carbonyl (C=O) groups is 1. The zero-order valence-corrected chi connectivity index (χ0v) is 16.9. The molecular weight excluding hydrogens is 364 g/mol. The summed E-state index contributed by atoms with van der Waals surface area (Å²) in [5, 5.41) is 10.1. The number of aliphatic hydroxyl groups excluding tert-OH is 1. The molecule has 5 heteroatoms. The summed E-state index contributed by atoms with van der Waals surface area (Å²) >= 11 is 0. The van der Waals surface area contributed by atoms with Gasteiger partial charge in [0.2, 0.25) is 0 Å². The first kappa shape index (κ1) is 18.6. The summed E-state index contributed by atoms with van der Waals surface area (Å²) in [5.41, 5.74) is 4.75. The van der Waals surface area contributed by atoms with Gasteiger partial charge in [-0.25, -0.2) is 4.79 Å². The number of rotatable bonds is 3. The summed E-state index contributed by atoms with van der Waals surface area (Å²) < 4.78 is 5.84. The lowest BCUT2D eigenvalue weighted by molar-refractivity contribution is 0.0275. The molecule has 1 amide bonds. The Hall–Kier alpha value is -2.37. The van der Waals surface area contributed by atoms with Gasteiger partial charge >= 0.3 is 6.09 Å². The van der Waals surface area contributed by atoms with E-state index < -0.39 is 0 Å². The molecule has 2 aromatic carbocycles. The number of fused-ring (bicyclic) bond motifs is 4. The van der Waals surface area contributed by atoms with Gasteiger partial charge in [0, 0.05) is 31.0 Å². The minimum Gasteiger partial charge on any atom is -0.448 e. The maximum atomic E-state index is 12.9. The van der Waals surface area contributed by atoms with Gasteiger partial charge in [0.1, 0.15) is 6.61 Å². The molecule has 29 heavy (non-hydrogen) atoms. The van der Waals surface area contributed by atoms with Crippen molar-refractivity contribution in [1.82, 2.24) is 9.80 Å². The van der Waals surface area contributed by atoms with Crippen LogP contribution in [-0.4, -0.2) is 67.4 Å². The van der Waals surface area contributed by atoms with E-state index in [9.17, 15) is 9.90 Å². The van der Waals surface area contributed by atoms with Gasteiger partial charge in [-0.05, 0) is 48.2 Å². The van der Waals surface area contributed by atoms with Crippen LogP contribution in [0.3, 0.4) is 0 Å². The molecule has 2 atom stereocenters. The second-order valence-electron chi connectivity index (χ2n) is 8.91. The highest BCUT2D eigenvalue weighted by Gasteiger charge is 2.50. The van der Waals surface area contributed by atoms with Crippen LogP contribution in [0.4, 0.5) is 4.79 Å². The van der Waals surface area contributed by atoms with E-state index in [-0.39, 0.29) is 24.0 Å². The van der Waals surface area contributed by atoms with Gasteiger partial charge in [-0.3, -0.25) is 0 Å². The lowest BCUT2D eigenvalue weighted by Gasteiger charge is -2.40. The van der Waals surface area contributed by atoms with Gasteiger partial charge in [-0.2, -0.15) is 0 Å². The molecule has 0 unspecified atom stereocenters. The molecular formula is C24H28N2O3. The second-order valence-corrected chi connectivity index (χ2v) is 8.91. The molecule has 5 rings (SSSR count). The second kappa shape index (κ2) is 7.15. The van der Waals surface area contributed by atoms with Crippen LogP contribution < -0.4 is 0 Å². The Morgan fingerprint density at radius 1 is 1.10 bits per heavy atom. The maximum absolute atomic E-state index is 12.9. The molecule has 5 nitrogen and oxygen atoms in total. The molecule has 0 bridgehead atoms. The van der Waals surface area contributed by atoms with E-state index in [4.69, 9.17) is 4.74 Å². The summed E-state index contributed by atoms with van der Waals surface area (Å²) in [6.45, 7) is 3.64. The first-order valence-electron chi connectivity index (χ1n) is 10.5. The number of hydrogen-bond donors (Lipinski definition) is 1. The molecule has 2 aliphatic heterocycles. The largest absolute Gasteiger partial charge is 0.448 e. The predicted octanol–water partition coefficient (Wildman–Crippen LogP) is 3.18. The highest BCUT2D eigenvalue weighted by Crippen LogP contribution is 2.45. The Balaban J connectivity index is 1.31. The van der Waals surface area contributed by atoms with Crippen molar-refractivity contribution in [2.45, 2.75) is 12.3 Å². The maximum Gasteiger partial charge on any atom is 0.409 e. The molecule has 2 aromatic rings. The topological polar surface area (TPSA) is 53.0 Å². The average Bonchev–Trinajstić information content (AvgIpc) is 3.28. The number of benzene rings is 2. The van der Waals surface area contributed by atoms with Gasteiger partial charge < -0.3 is 19.6 Å². The number of ether oxygens (including phenoxy) is 1. The first-order chi connectivity index (χ1) is 14.1. The van der Waals surface area contributed by atoms with E-state index in [1.54, 1.807) is 0 Å². The molecule has 0 aromatic heterocycles. The zero-order chi connectivity index (χ0) is 20.0. The molecule has 0 radical (unpaired) electrons. The Bertz CT molecular complexity index is 884. The first-order valence-corrected chi connectivity index (χ1v) is 10.5. The van der Waals surface area contributed by atoms with Gasteiger partial charge in [0.25, 0.3) is 0 Å². The Labute approximate surface area is 171 Å². The molecule has 2 heterocycles. The molecule has 152 valence electrons. The fraction of sp³-hybridized carbons (Fsp3) is 0.458. The predicted molar refractivity (Wildman–Crippen MR) is 112 cm³/mol. The van der Waals surface area contributed by atoms with Crippen LogP contribution in [0, 0.1) is 11.3 Å². The minimum atomic E-state index is -0.253. The van der Waals surface area contributed by atoms with Crippen molar-refractivity contribution in [3.05, 3.63) is 59.7 Å². The van der Waals surface area contributed by atoms with E-state index in [0.29, 0.717) is 25.6 Å². The van der Waals surface area contributed by atoms with Crippen molar-refractivity contribution in [2.75, 3.05) is 46.4 Å². The van der Waals surface area contributed by atoms with Gasteiger partial charge in [0.05, 0.1) is 6.61 Å². The lowest BCUT2D eigenvalue weighted by Crippen LogP contribution is -2.47. The van der Waals surface area contributed by atoms with E-state index in [1.807, 2.05) is 17.0 Å². The van der Waals surface area contributed by atoms with E-state index in [0.717, 1.165) is 19.5 Å². The minimum absolute atomic E-state index is 0.0779. The quantitative estimate of drug-likeness (QED) is 0.872. The number of aliphatic hydroxyl groups is 1. The monoisotopic (exact) mass is 392 g/mol. The summed E-state index contributed by atoms with van der Waals surface area (Å²) in [7, 11) is 2.11. The van der Waals surface area contributed by atoms with Crippen molar-refractivity contribution < 1.29 is 14.6 Å². The van der Waals surface area contributed by atoms with Crippen molar-refractivity contribution in [3.8, 4) is 11.1 Å². The number of likely N-dealkylation sites (tertiary alicyclic amines) is 2. The average molecular weight is 392 g/mol. The number of piperidine rings is 1. The van der Waals surface area contributed by atoms with Crippen LogP contribution in [-0.2, 0) is 4.74 Å². The molecule has 0 spiro atoms. The molecule has 0 saturated carbocycles. The van der Waals surface area contributed by atoms with Crippen LogP contribution in [0.1, 0.15) is 23.5 Å². The Morgan fingerprint density at radius 2 is 1.76 bits per heavy atom. The van der Waals surface area contributed by atoms with E-state index in [2.05, 4.69) is 48.3 Å². The van der Waals surface area contributed by atoms with Crippen LogP contribution in [0.15, 0.2) is 48.5 Å². The summed E-state index contributed by atoms with van der Waals surface area (Å²) in [4.78, 5) is 17.0. The fourth-order valence-corrected chi connectivity index (χ4v) is 5.53. The number of nitrogens with zero attached hydrogens (tertiary/aromatic N) is 2. The summed E-state index contributed by atoms with van der Waals surface area (Å²) in [5.74, 6) is 0.390. The van der Waals surface area contributed by atoms with Gasteiger partial charge in [-0.15, -0.1) is 0 Å². The van der Waals surface area contributed by atoms with Crippen molar-refractivity contribution in [2.24, 2.45) is 11.3 Å². The standard InChI is InChI=1S/C24H28N2O3/c1-25-11-10-24(16-27)15-26(13-17(24)12-25)23(28)29-14-22-20-8-4-2-6-18(20)19-7-3-5-9-21(19)22/h2-9,17,22,27H,10-16H2,1H3/t17-,24+/m1/s1. The molecule has 2 fully saturated rings. The van der Waals surface area contributed by atoms with Crippen molar-refractivity contribution >= 4 is 6.09 Å². The van der Waals surface area contributed by atoms with E-state index >= 15 is 0 Å². The SMILES string of the molecule is CN1CC[C@@]2(CO)CN(C(=O)OCC3c4ccccc4-c4ccccc43)C[C@H]2C1. The van der Waals surface area contributed by atoms with Gasteiger partial charge in [0.15, 0.2) is 0 Å². The van der Waals surface area contributed by atoms with E-state index in [1.165, 1.54) is 22.3 Å². The molecule has 1 aliphatic carbocycles.